The van der Waals surface area contributed by atoms with Crippen LogP contribution in [-0.2, 0) is 4.74 Å². The van der Waals surface area contributed by atoms with Crippen LogP contribution in [0.15, 0.2) is 54.6 Å². The Labute approximate surface area is 220 Å². The summed E-state index contributed by atoms with van der Waals surface area (Å²) in [6, 6.07) is 17.8. The van der Waals surface area contributed by atoms with E-state index in [2.05, 4.69) is 39.1 Å². The Kier molecular flexibility index (Phi) is 7.76. The third-order valence-electron chi connectivity index (χ3n) is 6.78. The van der Waals surface area contributed by atoms with Crippen molar-refractivity contribution in [2.24, 2.45) is 0 Å². The van der Waals surface area contributed by atoms with E-state index < -0.39 is 0 Å². The third kappa shape index (κ3) is 6.40. The molecule has 1 aromatic heterocycles. The van der Waals surface area contributed by atoms with Gasteiger partial charge in [0.15, 0.2) is 0 Å². The predicted molar refractivity (Wildman–Crippen MR) is 148 cm³/mol. The van der Waals surface area contributed by atoms with Crippen LogP contribution in [0.25, 0.3) is 16.9 Å². The normalized spacial score (nSPS) is 17.1. The summed E-state index contributed by atoms with van der Waals surface area (Å²) in [5.74, 6) is 0.942. The zero-order valence-corrected chi connectivity index (χ0v) is 23.2. The lowest BCUT2D eigenvalue weighted by atomic mass is 9.79. The van der Waals surface area contributed by atoms with Gasteiger partial charge in [0.05, 0.1) is 29.7 Å². The number of likely N-dealkylation sites (N-methyl/N-ethyl adjacent to an activating group) is 1. The van der Waals surface area contributed by atoms with Crippen LogP contribution in [-0.4, -0.2) is 66.1 Å². The number of para-hydroxylation sites is 2. The van der Waals surface area contributed by atoms with E-state index in [1.165, 1.54) is 0 Å². The second-order valence-corrected chi connectivity index (χ2v) is 11.4. The number of carbonyl (C=O) groups excluding carboxylic acids is 1. The monoisotopic (exact) mass is 504 g/mol. The fourth-order valence-corrected chi connectivity index (χ4v) is 5.38. The summed E-state index contributed by atoms with van der Waals surface area (Å²) in [6.45, 7) is 10.0. The first-order valence-corrected chi connectivity index (χ1v) is 12.9. The molecule has 3 aromatic rings. The number of ether oxygens (including phenoxy) is 2. The van der Waals surface area contributed by atoms with Crippen LogP contribution in [0.3, 0.4) is 0 Å². The van der Waals surface area contributed by atoms with E-state index in [9.17, 15) is 4.79 Å². The molecular weight excluding hydrogens is 464 g/mol. The number of nitrogens with zero attached hydrogens (tertiary/aromatic N) is 3. The first-order valence-electron chi connectivity index (χ1n) is 12.9. The fraction of sp³-hybridized carbons (Fsp3) is 0.467. The maximum absolute atomic E-state index is 12.6. The number of hydrogen-bond donors (Lipinski definition) is 1. The van der Waals surface area contributed by atoms with Gasteiger partial charge in [-0.1, -0.05) is 24.3 Å². The standard InChI is InChI=1S/C30H40N4O3/c1-29(2)19-23(20-30(3,4)37-29)24-18-26(34(32-24)25-10-8-9-11-27(25)36-7)21-12-14-22(15-13-21)28(35)31-16-17-33(5)6/h8-15,18,23H,16-17,19-20H2,1-7H3,(H,31,35). The van der Waals surface area contributed by atoms with Crippen molar-refractivity contribution >= 4 is 5.91 Å². The van der Waals surface area contributed by atoms with Crippen molar-refractivity contribution in [3.63, 3.8) is 0 Å². The molecule has 4 rings (SSSR count). The smallest absolute Gasteiger partial charge is 0.251 e. The van der Waals surface area contributed by atoms with Crippen LogP contribution in [0.5, 0.6) is 5.75 Å². The van der Waals surface area contributed by atoms with Gasteiger partial charge in [0.1, 0.15) is 11.4 Å². The molecule has 1 amide bonds. The molecule has 1 aliphatic rings. The maximum atomic E-state index is 12.6. The quantitative estimate of drug-likeness (QED) is 0.451. The lowest BCUT2D eigenvalue weighted by molar-refractivity contribution is -0.162. The van der Waals surface area contributed by atoms with E-state index in [0.29, 0.717) is 12.1 Å². The molecule has 37 heavy (non-hydrogen) atoms. The molecule has 0 radical (unpaired) electrons. The van der Waals surface area contributed by atoms with Crippen LogP contribution in [0.2, 0.25) is 0 Å². The Bertz CT molecular complexity index is 1210. The molecule has 0 spiro atoms. The van der Waals surface area contributed by atoms with E-state index in [-0.39, 0.29) is 23.0 Å². The van der Waals surface area contributed by atoms with Crippen molar-refractivity contribution < 1.29 is 14.3 Å². The van der Waals surface area contributed by atoms with Gasteiger partial charge in [0.25, 0.3) is 5.91 Å². The highest BCUT2D eigenvalue weighted by atomic mass is 16.5. The second-order valence-electron chi connectivity index (χ2n) is 11.4. The molecule has 1 saturated heterocycles. The van der Waals surface area contributed by atoms with Crippen LogP contribution >= 0.6 is 0 Å². The van der Waals surface area contributed by atoms with E-state index >= 15 is 0 Å². The van der Waals surface area contributed by atoms with E-state index in [1.807, 2.05) is 72.2 Å². The molecule has 7 heteroatoms. The third-order valence-corrected chi connectivity index (χ3v) is 6.78. The number of carbonyl (C=O) groups is 1. The Morgan fingerprint density at radius 2 is 1.73 bits per heavy atom. The lowest BCUT2D eigenvalue weighted by Crippen LogP contribution is -2.44. The maximum Gasteiger partial charge on any atom is 0.251 e. The zero-order chi connectivity index (χ0) is 26.8. The van der Waals surface area contributed by atoms with Crippen LogP contribution < -0.4 is 10.1 Å². The Hall–Kier alpha value is -3.16. The highest BCUT2D eigenvalue weighted by molar-refractivity contribution is 5.94. The summed E-state index contributed by atoms with van der Waals surface area (Å²) in [7, 11) is 5.65. The summed E-state index contributed by atoms with van der Waals surface area (Å²) < 4.78 is 14.0. The van der Waals surface area contributed by atoms with Crippen LogP contribution in [0.1, 0.15) is 62.5 Å². The number of hydrogen-bond acceptors (Lipinski definition) is 5. The topological polar surface area (TPSA) is 68.6 Å². The van der Waals surface area contributed by atoms with E-state index in [4.69, 9.17) is 14.6 Å². The van der Waals surface area contributed by atoms with Gasteiger partial charge < -0.3 is 19.7 Å². The van der Waals surface area contributed by atoms with Gasteiger partial charge in [-0.05, 0) is 85.0 Å². The SMILES string of the molecule is COc1ccccc1-n1nc(C2CC(C)(C)OC(C)(C)C2)cc1-c1ccc(C(=O)NCCN(C)C)cc1. The summed E-state index contributed by atoms with van der Waals surface area (Å²) in [5, 5.41) is 8.11. The predicted octanol–water partition coefficient (Wildman–Crippen LogP) is 5.29. The molecule has 1 fully saturated rings. The largest absolute Gasteiger partial charge is 0.494 e. The highest BCUT2D eigenvalue weighted by Crippen LogP contribution is 2.44. The number of amides is 1. The molecule has 0 atom stereocenters. The molecule has 2 aromatic carbocycles. The van der Waals surface area contributed by atoms with Crippen molar-refractivity contribution in [1.82, 2.24) is 20.0 Å². The van der Waals surface area contributed by atoms with Crippen molar-refractivity contribution in [2.45, 2.75) is 57.7 Å². The molecule has 7 nitrogen and oxygen atoms in total. The first-order chi connectivity index (χ1) is 17.5. The van der Waals surface area contributed by atoms with Gasteiger partial charge in [0.2, 0.25) is 0 Å². The summed E-state index contributed by atoms with van der Waals surface area (Å²) in [6.07, 6.45) is 1.79. The average Bonchev–Trinajstić information content (AvgIpc) is 3.27. The van der Waals surface area contributed by atoms with Crippen molar-refractivity contribution in [2.75, 3.05) is 34.3 Å². The minimum absolute atomic E-state index is 0.0704. The molecule has 1 aliphatic heterocycles. The number of aromatic nitrogens is 2. The Morgan fingerprint density at radius 1 is 1.08 bits per heavy atom. The van der Waals surface area contributed by atoms with Gasteiger partial charge in [-0.25, -0.2) is 4.68 Å². The Morgan fingerprint density at radius 3 is 2.35 bits per heavy atom. The number of methoxy groups -OCH3 is 1. The average molecular weight is 505 g/mol. The molecular formula is C30H40N4O3. The van der Waals surface area contributed by atoms with Gasteiger partial charge in [-0.3, -0.25) is 4.79 Å². The van der Waals surface area contributed by atoms with E-state index in [0.717, 1.165) is 47.8 Å². The highest BCUT2D eigenvalue weighted by Gasteiger charge is 2.41. The molecule has 0 bridgehead atoms. The summed E-state index contributed by atoms with van der Waals surface area (Å²) in [4.78, 5) is 14.6. The van der Waals surface area contributed by atoms with Gasteiger partial charge in [0, 0.05) is 30.1 Å². The number of benzene rings is 2. The van der Waals surface area contributed by atoms with Crippen LogP contribution in [0, 0.1) is 0 Å². The van der Waals surface area contributed by atoms with Crippen molar-refractivity contribution in [3.8, 4) is 22.7 Å². The fourth-order valence-electron chi connectivity index (χ4n) is 5.38. The Balaban J connectivity index is 1.71. The summed E-state index contributed by atoms with van der Waals surface area (Å²) in [5.41, 5.74) is 4.03. The molecule has 198 valence electrons. The van der Waals surface area contributed by atoms with Gasteiger partial charge in [-0.2, -0.15) is 5.10 Å². The minimum Gasteiger partial charge on any atom is -0.494 e. The number of rotatable bonds is 8. The van der Waals surface area contributed by atoms with Gasteiger partial charge >= 0.3 is 0 Å². The zero-order valence-electron chi connectivity index (χ0n) is 23.2. The lowest BCUT2D eigenvalue weighted by Gasteiger charge is -2.45. The molecule has 1 N–H and O–H groups in total. The molecule has 2 heterocycles. The minimum atomic E-state index is -0.234. The second kappa shape index (κ2) is 10.7. The molecule has 0 aliphatic carbocycles. The first kappa shape index (κ1) is 26.9. The van der Waals surface area contributed by atoms with E-state index in [1.54, 1.807) is 7.11 Å². The number of nitrogens with one attached hydrogen (secondary N) is 1. The summed E-state index contributed by atoms with van der Waals surface area (Å²) >= 11 is 0. The van der Waals surface area contributed by atoms with Gasteiger partial charge in [-0.15, -0.1) is 0 Å². The molecule has 0 unspecified atom stereocenters. The molecule has 0 saturated carbocycles. The van der Waals surface area contributed by atoms with Crippen molar-refractivity contribution in [3.05, 3.63) is 65.9 Å². The van der Waals surface area contributed by atoms with Crippen molar-refractivity contribution in [1.29, 1.82) is 0 Å². The van der Waals surface area contributed by atoms with Crippen LogP contribution in [0.4, 0.5) is 0 Å².